The Labute approximate surface area is 139 Å². The highest BCUT2D eigenvalue weighted by Gasteiger charge is 2.24. The number of hydrogen-bond acceptors (Lipinski definition) is 2. The molecule has 1 unspecified atom stereocenters. The highest BCUT2D eigenvalue weighted by atomic mass is 79.9. The molecule has 3 heteroatoms. The number of halogens is 1. The van der Waals surface area contributed by atoms with Gasteiger partial charge in [-0.05, 0) is 71.5 Å². The molecule has 1 fully saturated rings. The summed E-state index contributed by atoms with van der Waals surface area (Å²) in [7, 11) is 0. The van der Waals surface area contributed by atoms with Crippen LogP contribution in [-0.4, -0.2) is 6.04 Å². The largest absolute Gasteiger partial charge is 0.307 e. The molecular formula is C18H22BrNS. The predicted molar refractivity (Wildman–Crippen MR) is 95.0 cm³/mol. The van der Waals surface area contributed by atoms with Crippen molar-refractivity contribution in [2.75, 3.05) is 0 Å². The fourth-order valence-corrected chi connectivity index (χ4v) is 5.10. The number of nitrogens with one attached hydrogen (secondary N) is 1. The second-order valence-electron chi connectivity index (χ2n) is 5.98. The number of rotatable bonds is 4. The van der Waals surface area contributed by atoms with Gasteiger partial charge in [-0.15, -0.1) is 11.3 Å². The van der Waals surface area contributed by atoms with Gasteiger partial charge < -0.3 is 5.32 Å². The molecule has 0 aliphatic heterocycles. The first-order valence-corrected chi connectivity index (χ1v) is 9.45. The summed E-state index contributed by atoms with van der Waals surface area (Å²) in [5.74, 6) is 0.757. The van der Waals surface area contributed by atoms with Gasteiger partial charge in [-0.25, -0.2) is 0 Å². The van der Waals surface area contributed by atoms with Crippen LogP contribution in [0.15, 0.2) is 46.3 Å². The summed E-state index contributed by atoms with van der Waals surface area (Å²) in [6.45, 7) is 2.28. The molecule has 1 aliphatic rings. The summed E-state index contributed by atoms with van der Waals surface area (Å²) in [5.41, 5.74) is 1.52. The lowest BCUT2D eigenvalue weighted by Gasteiger charge is -2.31. The molecule has 0 saturated heterocycles. The Balaban J connectivity index is 1.53. The minimum Gasteiger partial charge on any atom is -0.307 e. The molecule has 1 aromatic heterocycles. The van der Waals surface area contributed by atoms with E-state index < -0.39 is 0 Å². The number of benzene rings is 1. The smallest absolute Gasteiger partial charge is 0.0399 e. The zero-order chi connectivity index (χ0) is 14.7. The minimum absolute atomic E-state index is 0.442. The molecular weight excluding hydrogens is 342 g/mol. The van der Waals surface area contributed by atoms with Gasteiger partial charge >= 0.3 is 0 Å². The van der Waals surface area contributed by atoms with Crippen LogP contribution in [-0.2, 0) is 0 Å². The van der Waals surface area contributed by atoms with Crippen molar-refractivity contribution in [2.45, 2.75) is 50.6 Å². The Bertz CT molecular complexity index is 558. The maximum absolute atomic E-state index is 3.81. The molecule has 0 bridgehead atoms. The van der Waals surface area contributed by atoms with Gasteiger partial charge in [-0.1, -0.05) is 30.3 Å². The van der Waals surface area contributed by atoms with Crippen LogP contribution in [0.3, 0.4) is 0 Å². The molecule has 1 atom stereocenters. The van der Waals surface area contributed by atoms with E-state index in [0.717, 1.165) is 5.92 Å². The molecule has 1 nitrogen and oxygen atoms in total. The van der Waals surface area contributed by atoms with Gasteiger partial charge in [0.2, 0.25) is 0 Å². The quantitative estimate of drug-likeness (QED) is 0.714. The lowest BCUT2D eigenvalue weighted by Crippen LogP contribution is -2.34. The minimum atomic E-state index is 0.442. The highest BCUT2D eigenvalue weighted by molar-refractivity contribution is 9.10. The average molecular weight is 364 g/mol. The zero-order valence-corrected chi connectivity index (χ0v) is 14.8. The van der Waals surface area contributed by atoms with Gasteiger partial charge in [0.1, 0.15) is 0 Å². The molecule has 1 saturated carbocycles. The Hall–Kier alpha value is -0.640. The first-order chi connectivity index (χ1) is 10.2. The molecule has 1 aromatic carbocycles. The third-order valence-corrected chi connectivity index (χ3v) is 6.58. The molecule has 0 radical (unpaired) electrons. The average Bonchev–Trinajstić information content (AvgIpc) is 2.95. The van der Waals surface area contributed by atoms with E-state index in [2.05, 4.69) is 69.9 Å². The van der Waals surface area contributed by atoms with E-state index in [-0.39, 0.29) is 0 Å². The van der Waals surface area contributed by atoms with Gasteiger partial charge in [0, 0.05) is 21.4 Å². The lowest BCUT2D eigenvalue weighted by molar-refractivity contribution is 0.323. The number of hydrogen-bond donors (Lipinski definition) is 1. The topological polar surface area (TPSA) is 12.0 Å². The van der Waals surface area contributed by atoms with Crippen molar-refractivity contribution >= 4 is 27.3 Å². The monoisotopic (exact) mass is 363 g/mol. The molecule has 112 valence electrons. The molecule has 3 rings (SSSR count). The first kappa shape index (κ1) is 15.3. The standard InChI is InChI=1S/C18H22BrNS/c1-13(18-17(19)11-12-21-18)20-16-9-7-15(8-10-16)14-5-3-2-4-6-14/h2-6,11-13,15-16,20H,7-10H2,1H3. The van der Waals surface area contributed by atoms with E-state index in [1.165, 1.54) is 40.6 Å². The van der Waals surface area contributed by atoms with Crippen molar-refractivity contribution in [3.05, 3.63) is 56.7 Å². The van der Waals surface area contributed by atoms with Crippen LogP contribution in [0.1, 0.15) is 55.0 Å². The van der Waals surface area contributed by atoms with Gasteiger partial charge in [-0.3, -0.25) is 0 Å². The predicted octanol–water partition coefficient (Wildman–Crippen LogP) is 5.89. The second kappa shape index (κ2) is 7.08. The Morgan fingerprint density at radius 3 is 2.43 bits per heavy atom. The summed E-state index contributed by atoms with van der Waals surface area (Å²) < 4.78 is 1.24. The SMILES string of the molecule is CC(NC1CCC(c2ccccc2)CC1)c1sccc1Br. The van der Waals surface area contributed by atoms with Crippen LogP contribution in [0.25, 0.3) is 0 Å². The molecule has 0 amide bonds. The molecule has 21 heavy (non-hydrogen) atoms. The van der Waals surface area contributed by atoms with E-state index in [0.29, 0.717) is 12.1 Å². The summed E-state index contributed by atoms with van der Waals surface area (Å²) in [6, 6.07) is 14.2. The summed E-state index contributed by atoms with van der Waals surface area (Å²) >= 11 is 5.48. The highest BCUT2D eigenvalue weighted by Crippen LogP contribution is 2.35. The van der Waals surface area contributed by atoms with Crippen molar-refractivity contribution in [1.29, 1.82) is 0 Å². The van der Waals surface area contributed by atoms with Crippen LogP contribution >= 0.6 is 27.3 Å². The zero-order valence-electron chi connectivity index (χ0n) is 12.4. The molecule has 1 aliphatic carbocycles. The Morgan fingerprint density at radius 2 is 1.81 bits per heavy atom. The van der Waals surface area contributed by atoms with Crippen molar-refractivity contribution in [3.63, 3.8) is 0 Å². The summed E-state index contributed by atoms with van der Waals surface area (Å²) in [6.07, 6.45) is 5.18. The van der Waals surface area contributed by atoms with E-state index >= 15 is 0 Å². The van der Waals surface area contributed by atoms with Crippen LogP contribution in [0.4, 0.5) is 0 Å². The first-order valence-electron chi connectivity index (χ1n) is 7.78. The fraction of sp³-hybridized carbons (Fsp3) is 0.444. The van der Waals surface area contributed by atoms with E-state index in [4.69, 9.17) is 0 Å². The van der Waals surface area contributed by atoms with Crippen LogP contribution in [0.5, 0.6) is 0 Å². The molecule has 0 spiro atoms. The maximum atomic E-state index is 3.81. The van der Waals surface area contributed by atoms with E-state index in [1.807, 2.05) is 11.3 Å². The third kappa shape index (κ3) is 3.77. The Kier molecular flexibility index (Phi) is 5.15. The second-order valence-corrected chi connectivity index (χ2v) is 7.78. The van der Waals surface area contributed by atoms with Crippen molar-refractivity contribution in [1.82, 2.24) is 5.32 Å². The molecule has 1 heterocycles. The van der Waals surface area contributed by atoms with Gasteiger partial charge in [-0.2, -0.15) is 0 Å². The summed E-state index contributed by atoms with van der Waals surface area (Å²) in [4.78, 5) is 1.42. The van der Waals surface area contributed by atoms with Gasteiger partial charge in [0.05, 0.1) is 0 Å². The fourth-order valence-electron chi connectivity index (χ4n) is 3.36. The van der Waals surface area contributed by atoms with E-state index in [9.17, 15) is 0 Å². The van der Waals surface area contributed by atoms with Gasteiger partial charge in [0.25, 0.3) is 0 Å². The van der Waals surface area contributed by atoms with Crippen molar-refractivity contribution in [3.8, 4) is 0 Å². The molecule has 2 aromatic rings. The van der Waals surface area contributed by atoms with Gasteiger partial charge in [0.15, 0.2) is 0 Å². The van der Waals surface area contributed by atoms with E-state index in [1.54, 1.807) is 0 Å². The van der Waals surface area contributed by atoms with Crippen LogP contribution < -0.4 is 5.32 Å². The third-order valence-electron chi connectivity index (χ3n) is 4.52. The number of thiophene rings is 1. The van der Waals surface area contributed by atoms with Crippen molar-refractivity contribution < 1.29 is 0 Å². The Morgan fingerprint density at radius 1 is 1.10 bits per heavy atom. The van der Waals surface area contributed by atoms with Crippen molar-refractivity contribution in [2.24, 2.45) is 0 Å². The maximum Gasteiger partial charge on any atom is 0.0399 e. The summed E-state index contributed by atoms with van der Waals surface area (Å²) in [5, 5.41) is 5.97. The van der Waals surface area contributed by atoms with Crippen LogP contribution in [0, 0.1) is 0 Å². The molecule has 1 N–H and O–H groups in total. The lowest BCUT2D eigenvalue weighted by atomic mass is 9.81. The van der Waals surface area contributed by atoms with Crippen LogP contribution in [0.2, 0.25) is 0 Å². The normalized spacial score (nSPS) is 23.9.